The second-order valence-electron chi connectivity index (χ2n) is 7.82. The maximum absolute atomic E-state index is 5.67. The van der Waals surface area contributed by atoms with Crippen molar-refractivity contribution in [2.75, 3.05) is 71.0 Å². The number of hydrogen-bond acceptors (Lipinski definition) is 4. The van der Waals surface area contributed by atoms with Crippen LogP contribution in [0.25, 0.3) is 0 Å². The molecule has 2 aliphatic rings. The lowest BCUT2D eigenvalue weighted by atomic mass is 10.2. The van der Waals surface area contributed by atoms with E-state index in [0.717, 1.165) is 83.7 Å². The van der Waals surface area contributed by atoms with E-state index in [-0.39, 0.29) is 0 Å². The van der Waals surface area contributed by atoms with Crippen LogP contribution in [0.15, 0.2) is 35.3 Å². The van der Waals surface area contributed by atoms with Gasteiger partial charge in [0.15, 0.2) is 5.96 Å². The van der Waals surface area contributed by atoms with Gasteiger partial charge in [-0.3, -0.25) is 9.89 Å². The molecule has 1 saturated heterocycles. The zero-order valence-corrected chi connectivity index (χ0v) is 17.4. The molecule has 1 aromatic carbocycles. The van der Waals surface area contributed by atoms with Crippen LogP contribution in [-0.2, 0) is 4.74 Å². The summed E-state index contributed by atoms with van der Waals surface area (Å²) in [4.78, 5) is 9.35. The first-order chi connectivity index (χ1) is 13.8. The van der Waals surface area contributed by atoms with Crippen LogP contribution in [0.2, 0.25) is 0 Å². The normalized spacial score (nSPS) is 18.3. The van der Waals surface area contributed by atoms with Crippen molar-refractivity contribution in [3.8, 4) is 0 Å². The summed E-state index contributed by atoms with van der Waals surface area (Å²) >= 11 is 0. The lowest BCUT2D eigenvalue weighted by Gasteiger charge is -2.36. The molecule has 0 spiro atoms. The zero-order chi connectivity index (χ0) is 19.4. The van der Waals surface area contributed by atoms with Crippen molar-refractivity contribution in [2.24, 2.45) is 10.9 Å². The number of rotatable bonds is 11. The number of nitrogens with zero attached hydrogens (tertiary/aromatic N) is 3. The van der Waals surface area contributed by atoms with E-state index >= 15 is 0 Å². The minimum absolute atomic E-state index is 0.843. The highest BCUT2D eigenvalue weighted by Gasteiger charge is 2.20. The van der Waals surface area contributed by atoms with Crippen molar-refractivity contribution < 1.29 is 4.74 Å². The van der Waals surface area contributed by atoms with Crippen molar-refractivity contribution in [1.29, 1.82) is 0 Å². The molecule has 0 amide bonds. The van der Waals surface area contributed by atoms with Gasteiger partial charge in [0.25, 0.3) is 0 Å². The second-order valence-corrected chi connectivity index (χ2v) is 7.82. The molecule has 1 saturated carbocycles. The zero-order valence-electron chi connectivity index (χ0n) is 17.4. The second kappa shape index (κ2) is 11.9. The van der Waals surface area contributed by atoms with E-state index in [1.165, 1.54) is 18.5 Å². The summed E-state index contributed by atoms with van der Waals surface area (Å²) in [7, 11) is 1.84. The maximum Gasteiger partial charge on any atom is 0.190 e. The number of ether oxygens (including phenoxy) is 1. The number of anilines is 1. The van der Waals surface area contributed by atoms with Crippen molar-refractivity contribution in [1.82, 2.24) is 15.5 Å². The molecule has 1 aromatic rings. The van der Waals surface area contributed by atoms with Crippen molar-refractivity contribution >= 4 is 11.6 Å². The molecular weight excluding hydrogens is 350 g/mol. The molecule has 0 unspecified atom stereocenters. The molecule has 1 heterocycles. The van der Waals surface area contributed by atoms with Gasteiger partial charge in [-0.15, -0.1) is 0 Å². The Morgan fingerprint density at radius 3 is 2.43 bits per heavy atom. The smallest absolute Gasteiger partial charge is 0.190 e. The van der Waals surface area contributed by atoms with Gasteiger partial charge in [0.1, 0.15) is 0 Å². The van der Waals surface area contributed by atoms with E-state index in [4.69, 9.17) is 4.74 Å². The highest BCUT2D eigenvalue weighted by atomic mass is 16.5. The summed E-state index contributed by atoms with van der Waals surface area (Å²) in [6.45, 7) is 9.31. The van der Waals surface area contributed by atoms with Crippen LogP contribution in [0.4, 0.5) is 5.69 Å². The Labute approximate surface area is 170 Å². The maximum atomic E-state index is 5.67. The predicted molar refractivity (Wildman–Crippen MR) is 117 cm³/mol. The molecule has 2 N–H and O–H groups in total. The Hall–Kier alpha value is -1.79. The first-order valence-electron chi connectivity index (χ1n) is 10.9. The number of para-hydroxylation sites is 1. The molecule has 0 aromatic heterocycles. The Kier molecular flexibility index (Phi) is 8.91. The van der Waals surface area contributed by atoms with Gasteiger partial charge in [0.2, 0.25) is 0 Å². The molecule has 0 radical (unpaired) electrons. The molecule has 0 bridgehead atoms. The van der Waals surface area contributed by atoms with Gasteiger partial charge < -0.3 is 20.3 Å². The van der Waals surface area contributed by atoms with Gasteiger partial charge in [-0.25, -0.2) is 0 Å². The Morgan fingerprint density at radius 1 is 1.04 bits per heavy atom. The molecule has 28 heavy (non-hydrogen) atoms. The third-order valence-electron chi connectivity index (χ3n) is 5.47. The number of benzene rings is 1. The summed E-state index contributed by atoms with van der Waals surface area (Å²) in [5, 5.41) is 6.80. The Bertz CT molecular complexity index is 568. The fraction of sp³-hybridized carbons (Fsp3) is 0.682. The monoisotopic (exact) mass is 387 g/mol. The average molecular weight is 388 g/mol. The molecular formula is C22H37N5O. The standard InChI is InChI=1S/C22H37N5O/c1-23-22(25-12-6-18-28-19-20-9-10-20)24-11-5-13-26-14-16-27(17-15-26)21-7-3-2-4-8-21/h2-4,7-8,20H,5-6,9-19H2,1H3,(H2,23,24,25). The Balaban J connectivity index is 1.19. The van der Waals surface area contributed by atoms with Crippen LogP contribution < -0.4 is 15.5 Å². The highest BCUT2D eigenvalue weighted by Crippen LogP contribution is 2.28. The summed E-state index contributed by atoms with van der Waals surface area (Å²) in [5.74, 6) is 1.75. The van der Waals surface area contributed by atoms with E-state index in [0.29, 0.717) is 0 Å². The molecule has 156 valence electrons. The predicted octanol–water partition coefficient (Wildman–Crippen LogP) is 2.18. The summed E-state index contributed by atoms with van der Waals surface area (Å²) in [5.41, 5.74) is 1.34. The summed E-state index contributed by atoms with van der Waals surface area (Å²) in [6.07, 6.45) is 4.88. The SMILES string of the molecule is CN=C(NCCCOCC1CC1)NCCCN1CCN(c2ccccc2)CC1. The fourth-order valence-corrected chi connectivity index (χ4v) is 3.51. The molecule has 1 aliphatic heterocycles. The van der Waals surface area contributed by atoms with Crippen LogP contribution in [0, 0.1) is 5.92 Å². The van der Waals surface area contributed by atoms with Gasteiger partial charge in [-0.05, 0) is 50.3 Å². The fourth-order valence-electron chi connectivity index (χ4n) is 3.51. The summed E-state index contributed by atoms with van der Waals surface area (Å²) in [6, 6.07) is 10.7. The van der Waals surface area contributed by atoms with Crippen molar-refractivity contribution in [3.63, 3.8) is 0 Å². The summed E-state index contributed by atoms with van der Waals surface area (Å²) < 4.78 is 5.67. The van der Waals surface area contributed by atoms with Crippen LogP contribution in [0.5, 0.6) is 0 Å². The minimum Gasteiger partial charge on any atom is -0.381 e. The first kappa shape index (κ1) is 20.9. The number of guanidine groups is 1. The van der Waals surface area contributed by atoms with E-state index < -0.39 is 0 Å². The largest absolute Gasteiger partial charge is 0.381 e. The van der Waals surface area contributed by atoms with Gasteiger partial charge >= 0.3 is 0 Å². The van der Waals surface area contributed by atoms with Crippen molar-refractivity contribution in [2.45, 2.75) is 25.7 Å². The molecule has 6 heteroatoms. The van der Waals surface area contributed by atoms with E-state index in [1.807, 2.05) is 7.05 Å². The van der Waals surface area contributed by atoms with E-state index in [1.54, 1.807) is 0 Å². The van der Waals surface area contributed by atoms with Crippen LogP contribution in [0.1, 0.15) is 25.7 Å². The molecule has 0 atom stereocenters. The topological polar surface area (TPSA) is 52.1 Å². The lowest BCUT2D eigenvalue weighted by molar-refractivity contribution is 0.123. The highest BCUT2D eigenvalue weighted by molar-refractivity contribution is 5.79. The van der Waals surface area contributed by atoms with E-state index in [2.05, 4.69) is 55.8 Å². The number of nitrogens with one attached hydrogen (secondary N) is 2. The minimum atomic E-state index is 0.843. The lowest BCUT2D eigenvalue weighted by Crippen LogP contribution is -2.47. The third kappa shape index (κ3) is 7.68. The number of piperazine rings is 1. The molecule has 6 nitrogen and oxygen atoms in total. The first-order valence-corrected chi connectivity index (χ1v) is 10.9. The van der Waals surface area contributed by atoms with Gasteiger partial charge in [0.05, 0.1) is 0 Å². The van der Waals surface area contributed by atoms with Crippen molar-refractivity contribution in [3.05, 3.63) is 30.3 Å². The average Bonchev–Trinajstić information content (AvgIpc) is 3.57. The van der Waals surface area contributed by atoms with Gasteiger partial charge in [-0.2, -0.15) is 0 Å². The Morgan fingerprint density at radius 2 is 1.75 bits per heavy atom. The number of hydrogen-bond donors (Lipinski definition) is 2. The van der Waals surface area contributed by atoms with Crippen LogP contribution >= 0.6 is 0 Å². The third-order valence-corrected chi connectivity index (χ3v) is 5.47. The molecule has 2 fully saturated rings. The van der Waals surface area contributed by atoms with Gasteiger partial charge in [0, 0.05) is 65.2 Å². The van der Waals surface area contributed by atoms with Gasteiger partial charge in [-0.1, -0.05) is 18.2 Å². The molecule has 3 rings (SSSR count). The molecule has 1 aliphatic carbocycles. The number of aliphatic imine (C=N–C) groups is 1. The quantitative estimate of drug-likeness (QED) is 0.346. The van der Waals surface area contributed by atoms with Crippen LogP contribution in [-0.4, -0.2) is 76.9 Å². The van der Waals surface area contributed by atoms with E-state index in [9.17, 15) is 0 Å². The van der Waals surface area contributed by atoms with Crippen LogP contribution in [0.3, 0.4) is 0 Å².